The topological polar surface area (TPSA) is 67.3 Å². The third-order valence-corrected chi connectivity index (χ3v) is 4.75. The summed E-state index contributed by atoms with van der Waals surface area (Å²) in [4.78, 5) is 8.70. The summed E-state index contributed by atoms with van der Waals surface area (Å²) in [7, 11) is 1.58. The third-order valence-electron chi connectivity index (χ3n) is 4.75. The van der Waals surface area contributed by atoms with Gasteiger partial charge in [0, 0.05) is 11.9 Å². The van der Waals surface area contributed by atoms with E-state index in [2.05, 4.69) is 15.3 Å². The summed E-state index contributed by atoms with van der Waals surface area (Å²) in [6, 6.07) is 19.5. The monoisotopic (exact) mass is 389 g/mol. The fraction of sp³-hybridized carbons (Fsp3) is 0.130. The van der Waals surface area contributed by atoms with Gasteiger partial charge in [0.15, 0.2) is 0 Å². The number of aliphatic hydroxyl groups is 1. The Labute approximate surface area is 167 Å². The number of aliphatic hydroxyl groups excluding tert-OH is 1. The van der Waals surface area contributed by atoms with Gasteiger partial charge in [-0.25, -0.2) is 14.4 Å². The van der Waals surface area contributed by atoms with Crippen molar-refractivity contribution in [3.05, 3.63) is 84.4 Å². The standard InChI is InChI=1S/C23H20FN3O2/c1-29-21-12-17(15-7-9-18(24)10-8-15)11-19-22(21)26-14-27-23(19)25-13-20(28)16-5-3-2-4-6-16/h2-12,14,20,28H,13H2,1H3,(H,25,26,27). The third kappa shape index (κ3) is 4.02. The molecule has 0 spiro atoms. The van der Waals surface area contributed by atoms with Gasteiger partial charge in [-0.3, -0.25) is 0 Å². The van der Waals surface area contributed by atoms with E-state index in [4.69, 9.17) is 4.74 Å². The molecule has 4 rings (SSSR count). The molecule has 0 radical (unpaired) electrons. The average molecular weight is 389 g/mol. The van der Waals surface area contributed by atoms with Gasteiger partial charge in [0.1, 0.15) is 29.2 Å². The van der Waals surface area contributed by atoms with Crippen molar-refractivity contribution in [1.29, 1.82) is 0 Å². The maximum Gasteiger partial charge on any atom is 0.145 e. The van der Waals surface area contributed by atoms with E-state index in [1.54, 1.807) is 19.2 Å². The van der Waals surface area contributed by atoms with E-state index in [0.29, 0.717) is 23.6 Å². The number of fused-ring (bicyclic) bond motifs is 1. The minimum absolute atomic E-state index is 0.290. The Kier molecular flexibility index (Phi) is 5.35. The molecule has 0 saturated carbocycles. The predicted octanol–water partition coefficient (Wildman–Crippen LogP) is 4.59. The first kappa shape index (κ1) is 18.8. The number of nitrogens with zero attached hydrogens (tertiary/aromatic N) is 2. The van der Waals surface area contributed by atoms with Crippen LogP contribution >= 0.6 is 0 Å². The lowest BCUT2D eigenvalue weighted by atomic mass is 10.0. The number of hydrogen-bond donors (Lipinski definition) is 2. The van der Waals surface area contributed by atoms with Gasteiger partial charge in [-0.1, -0.05) is 42.5 Å². The van der Waals surface area contributed by atoms with Gasteiger partial charge >= 0.3 is 0 Å². The summed E-state index contributed by atoms with van der Waals surface area (Å²) in [5.41, 5.74) is 3.19. The zero-order chi connectivity index (χ0) is 20.2. The Morgan fingerprint density at radius 2 is 1.76 bits per heavy atom. The molecular formula is C23H20FN3O2. The Bertz CT molecular complexity index is 1120. The molecule has 0 bridgehead atoms. The number of methoxy groups -OCH3 is 1. The second kappa shape index (κ2) is 8.24. The molecule has 0 aliphatic heterocycles. The van der Waals surface area contributed by atoms with Crippen molar-refractivity contribution in [2.45, 2.75) is 6.10 Å². The number of nitrogens with one attached hydrogen (secondary N) is 1. The van der Waals surface area contributed by atoms with E-state index in [9.17, 15) is 9.50 Å². The first-order chi connectivity index (χ1) is 14.2. The molecule has 0 saturated heterocycles. The molecule has 2 N–H and O–H groups in total. The summed E-state index contributed by atoms with van der Waals surface area (Å²) in [6.07, 6.45) is 0.781. The number of halogens is 1. The van der Waals surface area contributed by atoms with Crippen molar-refractivity contribution in [3.63, 3.8) is 0 Å². The van der Waals surface area contributed by atoms with Crippen LogP contribution in [0.4, 0.5) is 10.2 Å². The molecule has 0 aliphatic rings. The molecule has 1 atom stereocenters. The molecule has 29 heavy (non-hydrogen) atoms. The van der Waals surface area contributed by atoms with E-state index in [1.165, 1.54) is 18.5 Å². The molecule has 1 aromatic heterocycles. The molecule has 4 aromatic rings. The molecule has 146 valence electrons. The highest BCUT2D eigenvalue weighted by Crippen LogP contribution is 2.34. The van der Waals surface area contributed by atoms with Crippen molar-refractivity contribution in [2.24, 2.45) is 0 Å². The molecule has 1 heterocycles. The first-order valence-corrected chi connectivity index (χ1v) is 9.21. The molecule has 0 amide bonds. The normalized spacial score (nSPS) is 12.0. The lowest BCUT2D eigenvalue weighted by Gasteiger charge is -2.15. The highest BCUT2D eigenvalue weighted by Gasteiger charge is 2.14. The lowest BCUT2D eigenvalue weighted by molar-refractivity contribution is 0.191. The fourth-order valence-electron chi connectivity index (χ4n) is 3.23. The van der Waals surface area contributed by atoms with Crippen LogP contribution in [-0.2, 0) is 0 Å². The summed E-state index contributed by atoms with van der Waals surface area (Å²) >= 11 is 0. The maximum atomic E-state index is 13.3. The van der Waals surface area contributed by atoms with Gasteiger partial charge in [0.2, 0.25) is 0 Å². The van der Waals surface area contributed by atoms with Crippen LogP contribution in [0.2, 0.25) is 0 Å². The van der Waals surface area contributed by atoms with Gasteiger partial charge in [0.05, 0.1) is 13.2 Å². The van der Waals surface area contributed by atoms with Crippen LogP contribution in [0.15, 0.2) is 73.1 Å². The van der Waals surface area contributed by atoms with Crippen LogP contribution in [-0.4, -0.2) is 28.7 Å². The second-order valence-corrected chi connectivity index (χ2v) is 6.61. The average Bonchev–Trinajstić information content (AvgIpc) is 2.77. The Morgan fingerprint density at radius 1 is 1.00 bits per heavy atom. The molecular weight excluding hydrogens is 369 g/mol. The van der Waals surface area contributed by atoms with Crippen LogP contribution < -0.4 is 10.1 Å². The number of rotatable bonds is 6. The number of ether oxygens (including phenoxy) is 1. The Balaban J connectivity index is 1.70. The quantitative estimate of drug-likeness (QED) is 0.505. The van der Waals surface area contributed by atoms with Crippen molar-refractivity contribution in [2.75, 3.05) is 19.0 Å². The number of anilines is 1. The van der Waals surface area contributed by atoms with Crippen LogP contribution in [0.3, 0.4) is 0 Å². The smallest absolute Gasteiger partial charge is 0.145 e. The van der Waals surface area contributed by atoms with Gasteiger partial charge in [0.25, 0.3) is 0 Å². The number of benzene rings is 3. The summed E-state index contributed by atoms with van der Waals surface area (Å²) in [6.45, 7) is 0.291. The highest BCUT2D eigenvalue weighted by molar-refractivity contribution is 5.96. The number of aromatic nitrogens is 2. The molecule has 3 aromatic carbocycles. The molecule has 0 fully saturated rings. The van der Waals surface area contributed by atoms with Crippen molar-refractivity contribution in [1.82, 2.24) is 9.97 Å². The summed E-state index contributed by atoms with van der Waals surface area (Å²) in [5.74, 6) is 0.894. The molecule has 0 aliphatic carbocycles. The molecule has 5 nitrogen and oxygen atoms in total. The van der Waals surface area contributed by atoms with E-state index >= 15 is 0 Å². The minimum Gasteiger partial charge on any atom is -0.494 e. The summed E-state index contributed by atoms with van der Waals surface area (Å²) in [5, 5.41) is 14.4. The fourth-order valence-corrected chi connectivity index (χ4v) is 3.23. The van der Waals surface area contributed by atoms with E-state index in [-0.39, 0.29) is 5.82 Å². The van der Waals surface area contributed by atoms with Gasteiger partial charge in [-0.15, -0.1) is 0 Å². The van der Waals surface area contributed by atoms with Crippen molar-refractivity contribution < 1.29 is 14.2 Å². The zero-order valence-corrected chi connectivity index (χ0v) is 15.8. The minimum atomic E-state index is -0.677. The SMILES string of the molecule is COc1cc(-c2ccc(F)cc2)cc2c(NCC(O)c3ccccc3)ncnc12. The van der Waals surface area contributed by atoms with E-state index in [1.807, 2.05) is 42.5 Å². The van der Waals surface area contributed by atoms with E-state index < -0.39 is 6.10 Å². The van der Waals surface area contributed by atoms with Gasteiger partial charge in [-0.2, -0.15) is 0 Å². The maximum absolute atomic E-state index is 13.3. The van der Waals surface area contributed by atoms with Crippen LogP contribution in [0.25, 0.3) is 22.0 Å². The van der Waals surface area contributed by atoms with Crippen LogP contribution in [0.1, 0.15) is 11.7 Å². The van der Waals surface area contributed by atoms with Gasteiger partial charge < -0.3 is 15.2 Å². The van der Waals surface area contributed by atoms with Crippen LogP contribution in [0.5, 0.6) is 5.75 Å². The largest absolute Gasteiger partial charge is 0.494 e. The lowest BCUT2D eigenvalue weighted by Crippen LogP contribution is -2.13. The highest BCUT2D eigenvalue weighted by atomic mass is 19.1. The van der Waals surface area contributed by atoms with Crippen molar-refractivity contribution >= 4 is 16.7 Å². The van der Waals surface area contributed by atoms with E-state index in [0.717, 1.165) is 22.1 Å². The first-order valence-electron chi connectivity index (χ1n) is 9.21. The van der Waals surface area contributed by atoms with Gasteiger partial charge in [-0.05, 0) is 41.0 Å². The Hall–Kier alpha value is -3.51. The van der Waals surface area contributed by atoms with Crippen molar-refractivity contribution in [3.8, 4) is 16.9 Å². The number of hydrogen-bond acceptors (Lipinski definition) is 5. The predicted molar refractivity (Wildman–Crippen MR) is 111 cm³/mol. The Morgan fingerprint density at radius 3 is 2.48 bits per heavy atom. The second-order valence-electron chi connectivity index (χ2n) is 6.61. The summed E-state index contributed by atoms with van der Waals surface area (Å²) < 4.78 is 18.8. The zero-order valence-electron chi connectivity index (χ0n) is 15.8. The molecule has 1 unspecified atom stereocenters. The molecule has 6 heteroatoms. The van der Waals surface area contributed by atoms with Crippen LogP contribution in [0, 0.1) is 5.82 Å².